The van der Waals surface area contributed by atoms with E-state index < -0.39 is 0 Å². The summed E-state index contributed by atoms with van der Waals surface area (Å²) in [5.41, 5.74) is 8.68. The average molecular weight is 596 g/mol. The van der Waals surface area contributed by atoms with Crippen molar-refractivity contribution in [3.8, 4) is 11.5 Å². The number of benzene rings is 2. The van der Waals surface area contributed by atoms with E-state index >= 15 is 0 Å². The Hall–Kier alpha value is -2.05. The number of hydrogen-bond acceptors (Lipinski definition) is 7. The fraction of sp³-hybridized carbons (Fsp3) is 0.150. The van der Waals surface area contributed by atoms with E-state index in [2.05, 4.69) is 77.3 Å². The molecular weight excluding hydrogens is 581 g/mol. The van der Waals surface area contributed by atoms with E-state index in [9.17, 15) is 0 Å². The second-order valence-electron chi connectivity index (χ2n) is 6.60. The van der Waals surface area contributed by atoms with Gasteiger partial charge in [-0.2, -0.15) is 0 Å². The van der Waals surface area contributed by atoms with Gasteiger partial charge in [0.1, 0.15) is 6.33 Å². The number of nitrogen functional groups attached to an aromatic ring is 1. The highest BCUT2D eigenvalue weighted by atomic mass is 127. The van der Waals surface area contributed by atoms with Gasteiger partial charge in [0.25, 0.3) is 0 Å². The molecular formula is C20H15BrIN5O2S. The molecule has 0 saturated carbocycles. The van der Waals surface area contributed by atoms with Gasteiger partial charge in [-0.3, -0.25) is 0 Å². The van der Waals surface area contributed by atoms with E-state index in [1.165, 1.54) is 27.2 Å². The van der Waals surface area contributed by atoms with Crippen LogP contribution in [-0.2, 0) is 13.0 Å². The molecule has 5 rings (SSSR count). The molecule has 0 aliphatic carbocycles. The zero-order valence-corrected chi connectivity index (χ0v) is 20.1. The molecule has 30 heavy (non-hydrogen) atoms. The van der Waals surface area contributed by atoms with E-state index in [0.29, 0.717) is 11.3 Å². The summed E-state index contributed by atoms with van der Waals surface area (Å²) in [6.45, 7) is 0.952. The van der Waals surface area contributed by atoms with Crippen molar-refractivity contribution in [2.45, 2.75) is 23.0 Å². The van der Waals surface area contributed by atoms with Gasteiger partial charge in [0.2, 0.25) is 6.79 Å². The predicted octanol–water partition coefficient (Wildman–Crippen LogP) is 4.90. The summed E-state index contributed by atoms with van der Waals surface area (Å²) in [6.07, 6.45) is 2.33. The lowest BCUT2D eigenvalue weighted by atomic mass is 10.1. The highest BCUT2D eigenvalue weighted by molar-refractivity contribution is 14.1. The van der Waals surface area contributed by atoms with E-state index in [4.69, 9.17) is 20.2 Å². The van der Waals surface area contributed by atoms with Crippen LogP contribution in [0.2, 0.25) is 0 Å². The Morgan fingerprint density at radius 2 is 2.00 bits per heavy atom. The van der Waals surface area contributed by atoms with Crippen LogP contribution in [0.3, 0.4) is 0 Å². The monoisotopic (exact) mass is 595 g/mol. The number of hydrogen-bond donors (Lipinski definition) is 1. The predicted molar refractivity (Wildman–Crippen MR) is 127 cm³/mol. The van der Waals surface area contributed by atoms with Crippen LogP contribution >= 0.6 is 50.3 Å². The first-order valence-corrected chi connectivity index (χ1v) is 11.8. The second kappa shape index (κ2) is 8.23. The summed E-state index contributed by atoms with van der Waals surface area (Å²) >= 11 is 7.48. The van der Waals surface area contributed by atoms with Gasteiger partial charge in [-0.15, -0.1) is 0 Å². The molecule has 10 heteroatoms. The van der Waals surface area contributed by atoms with E-state index in [1.807, 2.05) is 12.1 Å². The van der Waals surface area contributed by atoms with Crippen LogP contribution in [-0.4, -0.2) is 26.3 Å². The highest BCUT2D eigenvalue weighted by Gasteiger charge is 2.20. The molecule has 0 radical (unpaired) electrons. The molecule has 2 aromatic carbocycles. The molecule has 0 spiro atoms. The van der Waals surface area contributed by atoms with Crippen LogP contribution in [0.5, 0.6) is 11.5 Å². The van der Waals surface area contributed by atoms with E-state index in [0.717, 1.165) is 44.6 Å². The van der Waals surface area contributed by atoms with Gasteiger partial charge in [-0.25, -0.2) is 15.0 Å². The highest BCUT2D eigenvalue weighted by Crippen LogP contribution is 2.43. The minimum atomic E-state index is 0.233. The van der Waals surface area contributed by atoms with Gasteiger partial charge in [-0.1, -0.05) is 23.9 Å². The number of imidazole rings is 1. The van der Waals surface area contributed by atoms with Crippen LogP contribution in [0, 0.1) is 3.57 Å². The van der Waals surface area contributed by atoms with Crippen molar-refractivity contribution >= 4 is 67.3 Å². The largest absolute Gasteiger partial charge is 0.454 e. The van der Waals surface area contributed by atoms with Crippen molar-refractivity contribution in [1.29, 1.82) is 0 Å². The topological polar surface area (TPSA) is 88.1 Å². The van der Waals surface area contributed by atoms with Crippen molar-refractivity contribution < 1.29 is 9.47 Å². The first-order chi connectivity index (χ1) is 14.6. The molecule has 2 N–H and O–H groups in total. The number of nitrogens with two attached hydrogens (primary N) is 1. The van der Waals surface area contributed by atoms with E-state index in [-0.39, 0.29) is 6.79 Å². The Morgan fingerprint density at radius 1 is 1.17 bits per heavy atom. The van der Waals surface area contributed by atoms with Crippen molar-refractivity contribution in [3.05, 3.63) is 56.3 Å². The zero-order chi connectivity index (χ0) is 20.7. The fourth-order valence-corrected chi connectivity index (χ4v) is 5.34. The first-order valence-electron chi connectivity index (χ1n) is 9.06. The summed E-state index contributed by atoms with van der Waals surface area (Å²) in [4.78, 5) is 14.3. The number of rotatable bonds is 5. The zero-order valence-electron chi connectivity index (χ0n) is 15.5. The Balaban J connectivity index is 1.53. The maximum Gasteiger partial charge on any atom is 0.231 e. The van der Waals surface area contributed by atoms with Gasteiger partial charge in [0, 0.05) is 19.5 Å². The first kappa shape index (κ1) is 19.9. The van der Waals surface area contributed by atoms with Crippen LogP contribution in [0.4, 0.5) is 5.82 Å². The lowest BCUT2D eigenvalue weighted by Crippen LogP contribution is -2.04. The SMILES string of the molecule is Nc1ncnc2c1nc(Sc1cc3c(cc1Br)OCO3)n2CCc1cccc(I)c1. The number of anilines is 1. The van der Waals surface area contributed by atoms with Crippen molar-refractivity contribution in [2.75, 3.05) is 12.5 Å². The lowest BCUT2D eigenvalue weighted by Gasteiger charge is -2.10. The summed E-state index contributed by atoms with van der Waals surface area (Å²) in [5, 5.41) is 0.794. The molecule has 7 nitrogen and oxygen atoms in total. The van der Waals surface area contributed by atoms with Crippen molar-refractivity contribution in [2.24, 2.45) is 0 Å². The summed E-state index contributed by atoms with van der Waals surface area (Å²) in [5.74, 6) is 1.83. The summed E-state index contributed by atoms with van der Waals surface area (Å²) < 4.78 is 15.2. The minimum Gasteiger partial charge on any atom is -0.454 e. The maximum absolute atomic E-state index is 6.08. The standard InChI is InChI=1S/C20H15BrIN5O2S/c21-13-7-14-15(29-10-28-14)8-16(13)30-20-26-17-18(23)24-9-25-19(17)27(20)5-4-11-2-1-3-12(22)6-11/h1-3,6-9H,4-5,10H2,(H2,23,24,25). The molecule has 2 aromatic heterocycles. The molecule has 1 aliphatic heterocycles. The molecule has 4 aromatic rings. The van der Waals surface area contributed by atoms with Gasteiger partial charge in [-0.05, 0) is 74.8 Å². The van der Waals surface area contributed by atoms with Gasteiger partial charge < -0.3 is 19.8 Å². The van der Waals surface area contributed by atoms with Gasteiger partial charge in [0.15, 0.2) is 33.6 Å². The van der Waals surface area contributed by atoms with E-state index in [1.54, 1.807) is 0 Å². The van der Waals surface area contributed by atoms with Crippen LogP contribution in [0.1, 0.15) is 5.56 Å². The quantitative estimate of drug-likeness (QED) is 0.328. The fourth-order valence-electron chi connectivity index (χ4n) is 3.22. The minimum absolute atomic E-state index is 0.233. The normalized spacial score (nSPS) is 12.6. The Labute approximate surface area is 198 Å². The summed E-state index contributed by atoms with van der Waals surface area (Å²) in [7, 11) is 0. The third kappa shape index (κ3) is 3.83. The van der Waals surface area contributed by atoms with Crippen molar-refractivity contribution in [3.63, 3.8) is 0 Å². The van der Waals surface area contributed by atoms with Gasteiger partial charge in [0.05, 0.1) is 0 Å². The lowest BCUT2D eigenvalue weighted by molar-refractivity contribution is 0.174. The number of halogens is 2. The number of aromatic nitrogens is 4. The molecule has 0 amide bonds. The molecule has 0 saturated heterocycles. The molecule has 0 fully saturated rings. The molecule has 3 heterocycles. The van der Waals surface area contributed by atoms with Crippen molar-refractivity contribution in [1.82, 2.24) is 19.5 Å². The smallest absolute Gasteiger partial charge is 0.231 e. The Morgan fingerprint density at radius 3 is 2.83 bits per heavy atom. The Bertz CT molecular complexity index is 1270. The van der Waals surface area contributed by atoms with Crippen LogP contribution in [0.25, 0.3) is 11.2 Å². The Kier molecular flexibility index (Phi) is 5.46. The van der Waals surface area contributed by atoms with Gasteiger partial charge >= 0.3 is 0 Å². The number of ether oxygens (including phenoxy) is 2. The number of fused-ring (bicyclic) bond motifs is 2. The van der Waals surface area contributed by atoms with Crippen LogP contribution in [0.15, 0.2) is 57.3 Å². The maximum atomic E-state index is 6.08. The van der Waals surface area contributed by atoms with Crippen LogP contribution < -0.4 is 15.2 Å². The molecule has 0 atom stereocenters. The third-order valence-corrected chi connectivity index (χ3v) is 7.31. The number of nitrogens with zero attached hydrogens (tertiary/aromatic N) is 4. The average Bonchev–Trinajstić information content (AvgIpc) is 3.31. The molecule has 0 unspecified atom stereocenters. The number of aryl methyl sites for hydroxylation is 2. The summed E-state index contributed by atoms with van der Waals surface area (Å²) in [6, 6.07) is 12.3. The second-order valence-corrected chi connectivity index (χ2v) is 9.70. The molecule has 0 bridgehead atoms. The molecule has 152 valence electrons. The third-order valence-electron chi connectivity index (χ3n) is 4.67. The molecule has 1 aliphatic rings.